The van der Waals surface area contributed by atoms with E-state index in [2.05, 4.69) is 4.99 Å². The molecular weight excluding hydrogens is 287 g/mol. The molecule has 0 aliphatic carbocycles. The number of carbonyl (C=O) groups excluding carboxylic acids is 1. The minimum Gasteiger partial charge on any atom is -0.474 e. The molecule has 0 bridgehead atoms. The molecule has 0 amide bonds. The summed E-state index contributed by atoms with van der Waals surface area (Å²) >= 11 is 0. The molecule has 0 fully saturated rings. The third-order valence-corrected chi connectivity index (χ3v) is 2.93. The Hall–Kier alpha value is -2.05. The number of ether oxygens (including phenoxy) is 2. The maximum absolute atomic E-state index is 12.7. The second-order valence-electron chi connectivity index (χ2n) is 4.62. The highest BCUT2D eigenvalue weighted by molar-refractivity contribution is 5.99. The molecule has 2 rings (SSSR count). The first-order valence-electron chi connectivity index (χ1n) is 6.38. The van der Waals surface area contributed by atoms with Gasteiger partial charge in [0.1, 0.15) is 6.61 Å². The number of nitrogens with zero attached hydrogens (tertiary/aromatic N) is 1. The Bertz CT molecular complexity index is 542. The van der Waals surface area contributed by atoms with Crippen LogP contribution in [0.2, 0.25) is 0 Å². The Labute approximate surface area is 119 Å². The first-order valence-corrected chi connectivity index (χ1v) is 6.38. The highest BCUT2D eigenvalue weighted by Gasteiger charge is 2.53. The van der Waals surface area contributed by atoms with Crippen molar-refractivity contribution in [1.82, 2.24) is 0 Å². The summed E-state index contributed by atoms with van der Waals surface area (Å²) in [5.74, 6) is -0.999. The van der Waals surface area contributed by atoms with Gasteiger partial charge in [0.05, 0.1) is 13.0 Å². The van der Waals surface area contributed by atoms with Crippen LogP contribution in [0.1, 0.15) is 18.9 Å². The zero-order valence-corrected chi connectivity index (χ0v) is 11.3. The van der Waals surface area contributed by atoms with Crippen molar-refractivity contribution in [2.75, 3.05) is 13.2 Å². The second kappa shape index (κ2) is 5.75. The van der Waals surface area contributed by atoms with Gasteiger partial charge in [-0.3, -0.25) is 0 Å². The van der Waals surface area contributed by atoms with Crippen LogP contribution in [0.3, 0.4) is 0 Å². The first-order chi connectivity index (χ1) is 9.86. The van der Waals surface area contributed by atoms with Gasteiger partial charge in [0, 0.05) is 5.56 Å². The molecule has 7 heteroatoms. The van der Waals surface area contributed by atoms with Crippen LogP contribution in [-0.2, 0) is 14.3 Å². The van der Waals surface area contributed by atoms with Crippen LogP contribution in [0, 0.1) is 0 Å². The van der Waals surface area contributed by atoms with Crippen molar-refractivity contribution >= 4 is 11.9 Å². The van der Waals surface area contributed by atoms with E-state index in [1.165, 1.54) is 6.92 Å². The molecule has 114 valence electrons. The number of benzene rings is 1. The zero-order chi connectivity index (χ0) is 15.5. The summed E-state index contributed by atoms with van der Waals surface area (Å²) in [4.78, 5) is 15.8. The van der Waals surface area contributed by atoms with Gasteiger partial charge in [-0.05, 0) is 19.1 Å². The highest BCUT2D eigenvalue weighted by atomic mass is 19.4. The van der Waals surface area contributed by atoms with Crippen molar-refractivity contribution in [3.8, 4) is 0 Å². The van der Waals surface area contributed by atoms with E-state index >= 15 is 0 Å². The number of rotatable bonds is 4. The zero-order valence-electron chi connectivity index (χ0n) is 11.3. The molecule has 0 saturated carbocycles. The first kappa shape index (κ1) is 15.3. The van der Waals surface area contributed by atoms with Crippen LogP contribution in [0.25, 0.3) is 0 Å². The van der Waals surface area contributed by atoms with E-state index in [-0.39, 0.29) is 12.5 Å². The van der Waals surface area contributed by atoms with Gasteiger partial charge in [-0.15, -0.1) is 0 Å². The maximum atomic E-state index is 12.7. The predicted octanol–water partition coefficient (Wildman–Crippen LogP) is 2.72. The van der Waals surface area contributed by atoms with Gasteiger partial charge < -0.3 is 9.47 Å². The molecule has 0 unspecified atom stereocenters. The van der Waals surface area contributed by atoms with E-state index in [1.54, 1.807) is 30.3 Å². The van der Waals surface area contributed by atoms with E-state index in [9.17, 15) is 18.0 Å². The van der Waals surface area contributed by atoms with Gasteiger partial charge in [0.2, 0.25) is 11.4 Å². The summed E-state index contributed by atoms with van der Waals surface area (Å²) in [6.07, 6.45) is -5.96. The van der Waals surface area contributed by atoms with Crippen molar-refractivity contribution in [2.45, 2.75) is 25.1 Å². The fourth-order valence-corrected chi connectivity index (χ4v) is 2.04. The van der Waals surface area contributed by atoms with Crippen molar-refractivity contribution in [2.24, 2.45) is 4.99 Å². The fraction of sp³-hybridized carbons (Fsp3) is 0.429. The molecule has 1 aromatic rings. The number of halogens is 3. The minimum absolute atomic E-state index is 0.0192. The van der Waals surface area contributed by atoms with Gasteiger partial charge >= 0.3 is 12.1 Å². The quantitative estimate of drug-likeness (QED) is 0.803. The summed E-state index contributed by atoms with van der Waals surface area (Å²) in [6, 6.07) is 8.46. The number of esters is 1. The lowest BCUT2D eigenvalue weighted by Gasteiger charge is -2.22. The molecule has 1 aliphatic rings. The molecule has 0 aromatic heterocycles. The molecule has 0 radical (unpaired) electrons. The molecule has 1 aliphatic heterocycles. The molecule has 0 saturated heterocycles. The van der Waals surface area contributed by atoms with Crippen molar-refractivity contribution in [3.63, 3.8) is 0 Å². The van der Waals surface area contributed by atoms with E-state index in [0.29, 0.717) is 5.56 Å². The molecule has 1 atom stereocenters. The number of carbonyl (C=O) groups is 1. The minimum atomic E-state index is -4.55. The number of aliphatic imine (C=N–C) groups is 1. The van der Waals surface area contributed by atoms with Crippen molar-refractivity contribution in [1.29, 1.82) is 0 Å². The number of hydrogen-bond acceptors (Lipinski definition) is 4. The third-order valence-electron chi connectivity index (χ3n) is 2.93. The van der Waals surface area contributed by atoms with Gasteiger partial charge in [-0.1, -0.05) is 18.2 Å². The van der Waals surface area contributed by atoms with Crippen LogP contribution in [-0.4, -0.2) is 36.8 Å². The smallest absolute Gasteiger partial charge is 0.392 e. The Morgan fingerprint density at radius 3 is 2.62 bits per heavy atom. The highest BCUT2D eigenvalue weighted by Crippen LogP contribution is 2.35. The predicted molar refractivity (Wildman–Crippen MR) is 69.0 cm³/mol. The van der Waals surface area contributed by atoms with Gasteiger partial charge in [0.25, 0.3) is 0 Å². The summed E-state index contributed by atoms with van der Waals surface area (Å²) in [5.41, 5.74) is -1.54. The van der Waals surface area contributed by atoms with E-state index in [0.717, 1.165) is 0 Å². The molecule has 4 nitrogen and oxygen atoms in total. The topological polar surface area (TPSA) is 47.9 Å². The van der Waals surface area contributed by atoms with E-state index in [1.807, 2.05) is 0 Å². The largest absolute Gasteiger partial charge is 0.474 e. The third kappa shape index (κ3) is 3.53. The van der Waals surface area contributed by atoms with Crippen LogP contribution < -0.4 is 0 Å². The average molecular weight is 301 g/mol. The van der Waals surface area contributed by atoms with Gasteiger partial charge in [-0.25, -0.2) is 9.79 Å². The number of hydrogen-bond donors (Lipinski definition) is 0. The Morgan fingerprint density at radius 2 is 2.05 bits per heavy atom. The Kier molecular flexibility index (Phi) is 4.20. The average Bonchev–Trinajstić information content (AvgIpc) is 2.83. The molecule has 21 heavy (non-hydrogen) atoms. The lowest BCUT2D eigenvalue weighted by molar-refractivity contribution is -0.171. The van der Waals surface area contributed by atoms with E-state index < -0.39 is 30.7 Å². The maximum Gasteiger partial charge on any atom is 0.392 e. The normalized spacial score (nSPS) is 21.6. The molecule has 1 aromatic carbocycles. The molecule has 0 spiro atoms. The second-order valence-corrected chi connectivity index (χ2v) is 4.62. The van der Waals surface area contributed by atoms with Crippen molar-refractivity contribution in [3.05, 3.63) is 35.9 Å². The van der Waals surface area contributed by atoms with E-state index in [4.69, 9.17) is 9.47 Å². The summed E-state index contributed by atoms with van der Waals surface area (Å²) in [5, 5.41) is 0. The van der Waals surface area contributed by atoms with Crippen LogP contribution in [0.15, 0.2) is 35.3 Å². The summed E-state index contributed by atoms with van der Waals surface area (Å²) in [7, 11) is 0. The molecular formula is C14H14F3NO3. The molecule has 1 heterocycles. The Morgan fingerprint density at radius 1 is 1.38 bits per heavy atom. The van der Waals surface area contributed by atoms with Crippen molar-refractivity contribution < 1.29 is 27.4 Å². The van der Waals surface area contributed by atoms with Crippen LogP contribution in [0.4, 0.5) is 13.2 Å². The standard InChI is InChI=1S/C14H14F3NO3/c1-2-20-12(19)13(8-14(15,16)17)9-21-11(18-13)10-6-4-3-5-7-10/h3-7H,2,8-9H2,1H3/t13-/m0/s1. The summed E-state index contributed by atoms with van der Waals surface area (Å²) in [6.45, 7) is 1.03. The monoisotopic (exact) mass is 301 g/mol. The fourth-order valence-electron chi connectivity index (χ4n) is 2.04. The Balaban J connectivity index is 2.34. The van der Waals surface area contributed by atoms with Crippen LogP contribution in [0.5, 0.6) is 0 Å². The molecule has 0 N–H and O–H groups in total. The number of alkyl halides is 3. The lowest BCUT2D eigenvalue weighted by Crippen LogP contribution is -2.43. The van der Waals surface area contributed by atoms with Crippen LogP contribution >= 0.6 is 0 Å². The van der Waals surface area contributed by atoms with Gasteiger partial charge in [0.15, 0.2) is 0 Å². The lowest BCUT2D eigenvalue weighted by atomic mass is 9.97. The SMILES string of the molecule is CCOC(=O)[C@]1(CC(F)(F)F)COC(c2ccccc2)=N1. The van der Waals surface area contributed by atoms with Gasteiger partial charge in [-0.2, -0.15) is 13.2 Å². The summed E-state index contributed by atoms with van der Waals surface area (Å²) < 4.78 is 48.2.